The van der Waals surface area contributed by atoms with Crippen LogP contribution in [0.15, 0.2) is 102 Å². The highest BCUT2D eigenvalue weighted by molar-refractivity contribution is 9.10. The Bertz CT molecular complexity index is 2900. The van der Waals surface area contributed by atoms with Crippen molar-refractivity contribution in [3.05, 3.63) is 135 Å². The van der Waals surface area contributed by atoms with E-state index >= 15 is 0 Å². The number of methoxy groups -OCH3 is 2. The van der Waals surface area contributed by atoms with Crippen LogP contribution in [0, 0.1) is 27.7 Å². The van der Waals surface area contributed by atoms with Gasteiger partial charge in [0.25, 0.3) is 0 Å². The molecule has 1 N–H and O–H groups in total. The zero-order valence-corrected chi connectivity index (χ0v) is 33.5. The lowest BCUT2D eigenvalue weighted by molar-refractivity contribution is 0.419. The molecule has 0 unspecified atom stereocenters. The third kappa shape index (κ3) is 6.16. The second-order valence-corrected chi connectivity index (χ2v) is 15.0. The maximum atomic E-state index is 6.34. The van der Waals surface area contributed by atoms with Gasteiger partial charge in [-0.15, -0.1) is 0 Å². The molecule has 0 aliphatic rings. The number of aromatic nitrogens is 6. The number of H-pyrrole nitrogens is 1. The van der Waals surface area contributed by atoms with E-state index in [-0.39, 0.29) is 0 Å². The third-order valence-electron chi connectivity index (χ3n) is 10.1. The Morgan fingerprint density at radius 2 is 1.13 bits per heavy atom. The molecule has 0 spiro atoms. The van der Waals surface area contributed by atoms with Gasteiger partial charge in [-0.2, -0.15) is 5.10 Å². The Morgan fingerprint density at radius 1 is 0.611 bits per heavy atom. The average Bonchev–Trinajstić information content (AvgIpc) is 3.94. The van der Waals surface area contributed by atoms with Crippen molar-refractivity contribution in [2.75, 3.05) is 14.2 Å². The van der Waals surface area contributed by atoms with Gasteiger partial charge in [0.15, 0.2) is 0 Å². The molecule has 0 aliphatic heterocycles. The predicted molar refractivity (Wildman–Crippen MR) is 225 cm³/mol. The lowest BCUT2D eigenvalue weighted by Gasteiger charge is -2.16. The van der Waals surface area contributed by atoms with Crippen LogP contribution in [-0.2, 0) is 0 Å². The normalized spacial score (nSPS) is 11.4. The molecule has 0 aliphatic carbocycles. The van der Waals surface area contributed by atoms with Crippen LogP contribution in [0.5, 0.6) is 11.5 Å². The Kier molecular flexibility index (Phi) is 9.34. The molecule has 5 heterocycles. The molecular formula is C43H35BrCl2N6O2. The number of hydrogen-bond donors (Lipinski definition) is 1. The van der Waals surface area contributed by atoms with Gasteiger partial charge in [-0.25, -0.2) is 0 Å². The van der Waals surface area contributed by atoms with Crippen LogP contribution in [0.1, 0.15) is 22.5 Å². The van der Waals surface area contributed by atoms with Gasteiger partial charge >= 0.3 is 0 Å². The van der Waals surface area contributed by atoms with E-state index in [1.165, 1.54) is 0 Å². The van der Waals surface area contributed by atoms with Crippen molar-refractivity contribution in [3.8, 4) is 34.0 Å². The van der Waals surface area contributed by atoms with Crippen molar-refractivity contribution in [1.29, 1.82) is 0 Å². The zero-order valence-electron chi connectivity index (χ0n) is 30.4. The number of nitrogens with zero attached hydrogens (tertiary/aromatic N) is 5. The van der Waals surface area contributed by atoms with Crippen molar-refractivity contribution in [1.82, 2.24) is 29.3 Å². The Hall–Kier alpha value is -5.35. The minimum Gasteiger partial charge on any atom is -0.496 e. The second kappa shape index (κ2) is 14.1. The molecule has 5 aromatic heterocycles. The van der Waals surface area contributed by atoms with E-state index in [1.54, 1.807) is 14.2 Å². The van der Waals surface area contributed by atoms with Crippen molar-refractivity contribution in [2.24, 2.45) is 0 Å². The molecule has 0 saturated carbocycles. The first-order chi connectivity index (χ1) is 26.1. The third-order valence-corrected chi connectivity index (χ3v) is 11.0. The monoisotopic (exact) mass is 816 g/mol. The smallest absolute Gasteiger partial charge is 0.129 e. The highest BCUT2D eigenvalue weighted by atomic mass is 79.9. The number of pyridine rings is 2. The highest BCUT2D eigenvalue weighted by Crippen LogP contribution is 2.38. The summed E-state index contributed by atoms with van der Waals surface area (Å²) in [5.74, 6) is 1.66. The van der Waals surface area contributed by atoms with Crippen LogP contribution in [0.3, 0.4) is 0 Å². The van der Waals surface area contributed by atoms with Gasteiger partial charge in [-0.05, 0) is 117 Å². The first kappa shape index (κ1) is 35.7. The number of aromatic amines is 1. The molecule has 0 radical (unpaired) electrons. The summed E-state index contributed by atoms with van der Waals surface area (Å²) < 4.78 is 16.6. The van der Waals surface area contributed by atoms with Crippen LogP contribution in [0.2, 0.25) is 10.0 Å². The van der Waals surface area contributed by atoms with Crippen LogP contribution in [0.4, 0.5) is 0 Å². The van der Waals surface area contributed by atoms with Crippen LogP contribution in [-0.4, -0.2) is 43.5 Å². The van der Waals surface area contributed by atoms with Crippen molar-refractivity contribution < 1.29 is 9.47 Å². The highest BCUT2D eigenvalue weighted by Gasteiger charge is 2.18. The number of ether oxygens (including phenoxy) is 2. The van der Waals surface area contributed by atoms with Crippen LogP contribution < -0.4 is 9.47 Å². The lowest BCUT2D eigenvalue weighted by Crippen LogP contribution is -2.02. The van der Waals surface area contributed by atoms with E-state index in [1.807, 2.05) is 74.8 Å². The van der Waals surface area contributed by atoms with E-state index in [2.05, 4.69) is 85.8 Å². The largest absolute Gasteiger partial charge is 0.496 e. The van der Waals surface area contributed by atoms with Gasteiger partial charge < -0.3 is 18.6 Å². The second-order valence-electron chi connectivity index (χ2n) is 13.2. The number of benzene rings is 4. The number of fused-ring (bicyclic) bond motifs is 4. The van der Waals surface area contributed by atoms with Gasteiger partial charge in [0.2, 0.25) is 0 Å². The molecule has 9 rings (SSSR count). The average molecular weight is 819 g/mol. The zero-order chi connectivity index (χ0) is 37.8. The molecule has 9 aromatic rings. The number of nitrogens with one attached hydrogen (secondary N) is 1. The van der Waals surface area contributed by atoms with E-state index in [0.29, 0.717) is 10.0 Å². The SMILES string of the molecule is COc1cc(-c2cn[nH]c2)cc2c1ccn2-c1c(C)c(C)nc2ccc(Cl)cc12.COc1cc(Br)cc2c1ccn2-c1c(C)c(C)nc2ccc(Cl)cc12. The summed E-state index contributed by atoms with van der Waals surface area (Å²) in [7, 11) is 3.39. The van der Waals surface area contributed by atoms with Crippen molar-refractivity contribution in [3.63, 3.8) is 0 Å². The summed E-state index contributed by atoms with van der Waals surface area (Å²) >= 11 is 16.2. The molecule has 11 heteroatoms. The fourth-order valence-corrected chi connectivity index (χ4v) is 7.94. The fraction of sp³-hybridized carbons (Fsp3) is 0.140. The quantitative estimate of drug-likeness (QED) is 0.187. The van der Waals surface area contributed by atoms with Gasteiger partial charge in [-0.1, -0.05) is 39.1 Å². The first-order valence-electron chi connectivity index (χ1n) is 17.2. The molecule has 0 saturated heterocycles. The van der Waals surface area contributed by atoms with Crippen LogP contribution in [0.25, 0.3) is 66.1 Å². The van der Waals surface area contributed by atoms with E-state index in [9.17, 15) is 0 Å². The number of aryl methyl sites for hydroxylation is 2. The maximum Gasteiger partial charge on any atom is 0.129 e. The van der Waals surface area contributed by atoms with E-state index in [0.717, 1.165) is 105 Å². The Labute approximate surface area is 330 Å². The van der Waals surface area contributed by atoms with Gasteiger partial charge in [0, 0.05) is 71.6 Å². The number of hydrogen-bond acceptors (Lipinski definition) is 5. The predicted octanol–water partition coefficient (Wildman–Crippen LogP) is 12.1. The van der Waals surface area contributed by atoms with Gasteiger partial charge in [0.05, 0.1) is 53.9 Å². The summed E-state index contributed by atoms with van der Waals surface area (Å²) in [6.07, 6.45) is 7.84. The number of halogens is 3. The van der Waals surface area contributed by atoms with Crippen molar-refractivity contribution in [2.45, 2.75) is 27.7 Å². The van der Waals surface area contributed by atoms with Crippen molar-refractivity contribution >= 4 is 82.7 Å². The summed E-state index contributed by atoms with van der Waals surface area (Å²) in [5, 5.41) is 12.5. The molecule has 4 aromatic carbocycles. The molecule has 0 fully saturated rings. The standard InChI is InChI=1S/C23H19ClN4O.C20H16BrClN2O/c1-13-14(2)27-20-5-4-17(24)10-19(20)23(13)28-7-6-18-21(28)8-15(9-22(18)29-3)16-11-25-26-12-16;1-11-12(2)23-17-5-4-14(22)10-16(17)20(11)24-7-6-15-18(24)8-13(21)9-19(15)25-3/h4-12H,1-3H3,(H,25,26);4-10H,1-3H3. The minimum atomic E-state index is 0.692. The van der Waals surface area contributed by atoms with Crippen LogP contribution >= 0.6 is 39.1 Å². The molecule has 8 nitrogen and oxygen atoms in total. The van der Waals surface area contributed by atoms with Gasteiger partial charge in [0.1, 0.15) is 11.5 Å². The topological polar surface area (TPSA) is 82.8 Å². The minimum absolute atomic E-state index is 0.692. The number of rotatable bonds is 5. The van der Waals surface area contributed by atoms with Gasteiger partial charge in [-0.3, -0.25) is 15.1 Å². The molecule has 270 valence electrons. The summed E-state index contributed by atoms with van der Waals surface area (Å²) in [4.78, 5) is 9.46. The molecule has 0 amide bonds. The summed E-state index contributed by atoms with van der Waals surface area (Å²) in [6, 6.07) is 24.1. The fourth-order valence-electron chi connectivity index (χ4n) is 7.17. The molecule has 0 bridgehead atoms. The Balaban J connectivity index is 0.000000155. The molecule has 54 heavy (non-hydrogen) atoms. The first-order valence-corrected chi connectivity index (χ1v) is 18.8. The van der Waals surface area contributed by atoms with E-state index < -0.39 is 0 Å². The van der Waals surface area contributed by atoms with E-state index in [4.69, 9.17) is 42.6 Å². The maximum absolute atomic E-state index is 6.34. The molecular weight excluding hydrogens is 783 g/mol. The molecule has 0 atom stereocenters. The Morgan fingerprint density at radius 3 is 1.63 bits per heavy atom. The summed E-state index contributed by atoms with van der Waals surface area (Å²) in [5.41, 5.74) is 12.5. The summed E-state index contributed by atoms with van der Waals surface area (Å²) in [6.45, 7) is 8.27. The lowest BCUT2D eigenvalue weighted by atomic mass is 10.1.